The summed E-state index contributed by atoms with van der Waals surface area (Å²) in [5.41, 5.74) is 0.0939. The Morgan fingerprint density at radius 3 is 2.64 bits per heavy atom. The Kier molecular flexibility index (Phi) is 5.96. The molecule has 8 heteroatoms. The number of hydrogen-bond acceptors (Lipinski definition) is 4. The van der Waals surface area contributed by atoms with E-state index in [1.165, 1.54) is 23.9 Å². The average Bonchev–Trinajstić information content (AvgIpc) is 2.69. The van der Waals surface area contributed by atoms with E-state index in [9.17, 15) is 14.4 Å². The molecule has 0 atom stereocenters. The Morgan fingerprint density at radius 1 is 1.11 bits per heavy atom. The van der Waals surface area contributed by atoms with E-state index in [1.807, 2.05) is 6.07 Å². The van der Waals surface area contributed by atoms with Gasteiger partial charge in [0.15, 0.2) is 0 Å². The van der Waals surface area contributed by atoms with Crippen molar-refractivity contribution >= 4 is 23.2 Å². The number of benzene rings is 2. The molecule has 0 aliphatic rings. The molecule has 0 saturated heterocycles. The van der Waals surface area contributed by atoms with Crippen LogP contribution in [0.3, 0.4) is 0 Å². The monoisotopic (exact) mass is 399 g/mol. The maximum Gasteiger partial charge on any atom is 0.331 e. The molecule has 7 nitrogen and oxygen atoms in total. The minimum absolute atomic E-state index is 0.191. The first-order valence-electron chi connectivity index (χ1n) is 8.45. The maximum atomic E-state index is 12.7. The van der Waals surface area contributed by atoms with E-state index in [0.29, 0.717) is 16.5 Å². The summed E-state index contributed by atoms with van der Waals surface area (Å²) >= 11 is 6.14. The quantitative estimate of drug-likeness (QED) is 0.689. The largest absolute Gasteiger partial charge is 0.497 e. The summed E-state index contributed by atoms with van der Waals surface area (Å²) in [7, 11) is 1.52. The molecule has 1 N–H and O–H groups in total. The van der Waals surface area contributed by atoms with Crippen LogP contribution in [-0.4, -0.2) is 22.2 Å². The highest BCUT2D eigenvalue weighted by Crippen LogP contribution is 2.17. The van der Waals surface area contributed by atoms with Crippen LogP contribution in [0.5, 0.6) is 5.75 Å². The summed E-state index contributed by atoms with van der Waals surface area (Å²) in [4.78, 5) is 37.1. The molecule has 2 aromatic carbocycles. The Balaban J connectivity index is 1.81. The van der Waals surface area contributed by atoms with E-state index in [2.05, 4.69) is 5.32 Å². The number of carbonyl (C=O) groups excluding carboxylic acids is 1. The molecule has 0 aliphatic heterocycles. The van der Waals surface area contributed by atoms with E-state index < -0.39 is 23.7 Å². The molecule has 3 aromatic rings. The van der Waals surface area contributed by atoms with Gasteiger partial charge in [-0.2, -0.15) is 0 Å². The third-order valence-electron chi connectivity index (χ3n) is 4.09. The zero-order valence-electron chi connectivity index (χ0n) is 15.1. The lowest BCUT2D eigenvalue weighted by molar-refractivity contribution is -0.116. The van der Waals surface area contributed by atoms with Crippen LogP contribution in [-0.2, 0) is 17.9 Å². The van der Waals surface area contributed by atoms with Gasteiger partial charge in [-0.15, -0.1) is 0 Å². The molecular weight excluding hydrogens is 382 g/mol. The lowest BCUT2D eigenvalue weighted by Gasteiger charge is -2.11. The molecule has 144 valence electrons. The average molecular weight is 400 g/mol. The van der Waals surface area contributed by atoms with Gasteiger partial charge in [0.05, 0.1) is 13.7 Å². The van der Waals surface area contributed by atoms with Gasteiger partial charge < -0.3 is 10.1 Å². The number of anilines is 1. The predicted octanol–water partition coefficient (Wildman–Crippen LogP) is 2.36. The highest BCUT2D eigenvalue weighted by atomic mass is 35.5. The van der Waals surface area contributed by atoms with Gasteiger partial charge in [0.2, 0.25) is 5.91 Å². The number of aromatic nitrogens is 2. The second-order valence-corrected chi connectivity index (χ2v) is 6.43. The summed E-state index contributed by atoms with van der Waals surface area (Å²) in [6.07, 6.45) is 1.39. The summed E-state index contributed by atoms with van der Waals surface area (Å²) in [5, 5.41) is 3.17. The van der Waals surface area contributed by atoms with E-state index in [4.69, 9.17) is 16.3 Å². The summed E-state index contributed by atoms with van der Waals surface area (Å²) < 4.78 is 7.32. The normalized spacial score (nSPS) is 10.5. The summed E-state index contributed by atoms with van der Waals surface area (Å²) in [6, 6.07) is 15.1. The summed E-state index contributed by atoms with van der Waals surface area (Å²) in [6.45, 7) is -0.214. The van der Waals surface area contributed by atoms with E-state index in [1.54, 1.807) is 42.5 Å². The fourth-order valence-electron chi connectivity index (χ4n) is 2.68. The van der Waals surface area contributed by atoms with Crippen LogP contribution in [0.15, 0.2) is 70.4 Å². The number of nitrogens with zero attached hydrogens (tertiary/aromatic N) is 2. The van der Waals surface area contributed by atoms with Crippen molar-refractivity contribution in [2.75, 3.05) is 12.4 Å². The lowest BCUT2D eigenvalue weighted by atomic mass is 10.2. The third-order valence-corrected chi connectivity index (χ3v) is 4.46. The number of hydrogen-bond donors (Lipinski definition) is 1. The second kappa shape index (κ2) is 8.58. The minimum atomic E-state index is -0.590. The molecule has 1 aromatic heterocycles. The van der Waals surface area contributed by atoms with Crippen molar-refractivity contribution in [1.82, 2.24) is 9.13 Å². The van der Waals surface area contributed by atoms with Gasteiger partial charge in [-0.25, -0.2) is 4.79 Å². The molecule has 0 radical (unpaired) electrons. The standard InChI is InChI=1S/C20H18ClN3O4/c1-28-16-7-4-6-15(11-16)22-18(25)13-24-19(26)9-10-23(20(24)27)12-14-5-2-3-8-17(14)21/h2-11H,12-13H2,1H3,(H,22,25). The first-order chi connectivity index (χ1) is 13.5. The van der Waals surface area contributed by atoms with Crippen molar-refractivity contribution in [3.8, 4) is 5.75 Å². The van der Waals surface area contributed by atoms with Gasteiger partial charge in [-0.05, 0) is 23.8 Å². The molecule has 1 heterocycles. The molecule has 0 saturated carbocycles. The molecule has 0 bridgehead atoms. The highest BCUT2D eigenvalue weighted by Gasteiger charge is 2.11. The number of halogens is 1. The zero-order chi connectivity index (χ0) is 20.1. The number of carbonyl (C=O) groups is 1. The van der Waals surface area contributed by atoms with Crippen molar-refractivity contribution in [1.29, 1.82) is 0 Å². The highest BCUT2D eigenvalue weighted by molar-refractivity contribution is 6.31. The Labute approximate surface area is 165 Å². The molecule has 3 rings (SSSR count). The first-order valence-corrected chi connectivity index (χ1v) is 8.83. The Morgan fingerprint density at radius 2 is 1.89 bits per heavy atom. The smallest absolute Gasteiger partial charge is 0.331 e. The van der Waals surface area contributed by atoms with Gasteiger partial charge in [0.1, 0.15) is 12.3 Å². The predicted molar refractivity (Wildman–Crippen MR) is 107 cm³/mol. The topological polar surface area (TPSA) is 82.3 Å². The molecular formula is C20H18ClN3O4. The van der Waals surface area contributed by atoms with Crippen molar-refractivity contribution in [2.24, 2.45) is 0 Å². The van der Waals surface area contributed by atoms with Crippen molar-refractivity contribution in [2.45, 2.75) is 13.1 Å². The van der Waals surface area contributed by atoms with E-state index >= 15 is 0 Å². The molecule has 0 unspecified atom stereocenters. The van der Waals surface area contributed by atoms with Crippen LogP contribution >= 0.6 is 11.6 Å². The van der Waals surface area contributed by atoms with Crippen LogP contribution in [0.4, 0.5) is 5.69 Å². The molecule has 28 heavy (non-hydrogen) atoms. The van der Waals surface area contributed by atoms with Crippen LogP contribution in [0.2, 0.25) is 5.02 Å². The molecule has 0 fully saturated rings. The molecule has 0 aliphatic carbocycles. The van der Waals surface area contributed by atoms with Crippen molar-refractivity contribution in [3.63, 3.8) is 0 Å². The fraction of sp³-hybridized carbons (Fsp3) is 0.150. The number of methoxy groups -OCH3 is 1. The SMILES string of the molecule is COc1cccc(NC(=O)Cn2c(=O)ccn(Cc3ccccc3Cl)c2=O)c1. The number of ether oxygens (including phenoxy) is 1. The van der Waals surface area contributed by atoms with Gasteiger partial charge in [0, 0.05) is 29.0 Å². The van der Waals surface area contributed by atoms with Gasteiger partial charge in [0.25, 0.3) is 5.56 Å². The number of rotatable bonds is 6. The van der Waals surface area contributed by atoms with Crippen LogP contribution in [0, 0.1) is 0 Å². The van der Waals surface area contributed by atoms with E-state index in [0.717, 1.165) is 10.1 Å². The first kappa shape index (κ1) is 19.4. The Bertz CT molecular complexity index is 1120. The maximum absolute atomic E-state index is 12.7. The second-order valence-electron chi connectivity index (χ2n) is 6.02. The fourth-order valence-corrected chi connectivity index (χ4v) is 2.87. The van der Waals surface area contributed by atoms with Gasteiger partial charge in [-0.1, -0.05) is 35.9 Å². The van der Waals surface area contributed by atoms with Crippen LogP contribution < -0.4 is 21.3 Å². The summed E-state index contributed by atoms with van der Waals surface area (Å²) in [5.74, 6) is 0.0831. The minimum Gasteiger partial charge on any atom is -0.497 e. The van der Waals surface area contributed by atoms with Crippen LogP contribution in [0.25, 0.3) is 0 Å². The zero-order valence-corrected chi connectivity index (χ0v) is 15.8. The van der Waals surface area contributed by atoms with Crippen LogP contribution in [0.1, 0.15) is 5.56 Å². The molecule has 0 spiro atoms. The molecule has 1 amide bonds. The van der Waals surface area contributed by atoms with Gasteiger partial charge >= 0.3 is 5.69 Å². The van der Waals surface area contributed by atoms with Crippen molar-refractivity contribution in [3.05, 3.63) is 92.2 Å². The Hall–Kier alpha value is -3.32. The number of nitrogens with one attached hydrogen (secondary N) is 1. The third kappa shape index (κ3) is 4.50. The van der Waals surface area contributed by atoms with E-state index in [-0.39, 0.29) is 6.54 Å². The number of amides is 1. The van der Waals surface area contributed by atoms with Gasteiger partial charge in [-0.3, -0.25) is 18.7 Å². The lowest BCUT2D eigenvalue weighted by Crippen LogP contribution is -2.41. The van der Waals surface area contributed by atoms with Crippen molar-refractivity contribution < 1.29 is 9.53 Å².